The number of hydrogen-bond donors (Lipinski definition) is 0. The third-order valence-corrected chi connectivity index (χ3v) is 3.31. The summed E-state index contributed by atoms with van der Waals surface area (Å²) in [7, 11) is 1.96. The van der Waals surface area contributed by atoms with Gasteiger partial charge >= 0.3 is 0 Å². The van der Waals surface area contributed by atoms with E-state index in [1.807, 2.05) is 41.9 Å². The van der Waals surface area contributed by atoms with Crippen molar-refractivity contribution in [2.45, 2.75) is 12.8 Å². The average Bonchev–Trinajstić information content (AvgIpc) is 2.81. The van der Waals surface area contributed by atoms with Crippen LogP contribution in [0.15, 0.2) is 41.6 Å². The van der Waals surface area contributed by atoms with E-state index in [0.29, 0.717) is 6.54 Å². The Morgan fingerprint density at radius 1 is 1.21 bits per heavy atom. The summed E-state index contributed by atoms with van der Waals surface area (Å²) in [5.41, 5.74) is 2.80. The van der Waals surface area contributed by atoms with Crippen molar-refractivity contribution >= 4 is 5.71 Å². The molecule has 98 valence electrons. The molecular weight excluding hydrogens is 240 g/mol. The number of hydrazone groups is 1. The predicted octanol–water partition coefficient (Wildman–Crippen LogP) is 2.38. The molecule has 1 aromatic carbocycles. The lowest BCUT2D eigenvalue weighted by Crippen LogP contribution is -2.22. The molecule has 0 spiro atoms. The number of hydroxylamine groups is 1. The van der Waals surface area contributed by atoms with Crippen molar-refractivity contribution in [3.05, 3.63) is 47.4 Å². The van der Waals surface area contributed by atoms with Gasteiger partial charge in [-0.25, -0.2) is 4.98 Å². The van der Waals surface area contributed by atoms with Crippen molar-refractivity contribution in [1.29, 1.82) is 0 Å². The number of aromatic nitrogens is 2. The quantitative estimate of drug-likeness (QED) is 0.827. The summed E-state index contributed by atoms with van der Waals surface area (Å²) in [4.78, 5) is 4.45. The first-order valence-electron chi connectivity index (χ1n) is 6.35. The third kappa shape index (κ3) is 2.24. The molecule has 0 saturated carbocycles. The lowest BCUT2D eigenvalue weighted by atomic mass is 10.1. The second-order valence-electron chi connectivity index (χ2n) is 4.62. The molecular formula is C14H15N4O-. The van der Waals surface area contributed by atoms with E-state index in [4.69, 9.17) is 0 Å². The molecule has 5 nitrogen and oxygen atoms in total. The molecule has 0 radical (unpaired) electrons. The number of benzene rings is 1. The molecule has 1 aromatic heterocycles. The van der Waals surface area contributed by atoms with Crippen LogP contribution in [0.1, 0.15) is 18.5 Å². The fraction of sp³-hybridized carbons (Fsp3) is 0.286. The Morgan fingerprint density at radius 3 is 2.74 bits per heavy atom. The van der Waals surface area contributed by atoms with Crippen LogP contribution in [0.5, 0.6) is 0 Å². The second kappa shape index (κ2) is 4.85. The first-order valence-corrected chi connectivity index (χ1v) is 6.35. The SMILES string of the molecule is Cn1c(C2=NN([O-])CCC2)cnc1-c1ccccc1. The van der Waals surface area contributed by atoms with Crippen LogP contribution in [0.2, 0.25) is 0 Å². The Bertz CT molecular complexity index is 603. The molecule has 1 aliphatic rings. The minimum Gasteiger partial charge on any atom is -0.742 e. The first kappa shape index (κ1) is 11.9. The summed E-state index contributed by atoms with van der Waals surface area (Å²) in [5, 5.41) is 16.1. The Balaban J connectivity index is 2.00. The van der Waals surface area contributed by atoms with Gasteiger partial charge in [-0.05, 0) is 12.8 Å². The van der Waals surface area contributed by atoms with Gasteiger partial charge in [0.05, 0.1) is 17.6 Å². The van der Waals surface area contributed by atoms with Crippen molar-refractivity contribution in [1.82, 2.24) is 14.7 Å². The van der Waals surface area contributed by atoms with Crippen molar-refractivity contribution in [3.8, 4) is 11.4 Å². The second-order valence-corrected chi connectivity index (χ2v) is 4.62. The van der Waals surface area contributed by atoms with Crippen molar-refractivity contribution < 1.29 is 0 Å². The highest BCUT2D eigenvalue weighted by Crippen LogP contribution is 2.20. The highest BCUT2D eigenvalue weighted by Gasteiger charge is 2.15. The van der Waals surface area contributed by atoms with Gasteiger partial charge in [0.2, 0.25) is 0 Å². The van der Waals surface area contributed by atoms with E-state index in [1.165, 1.54) is 0 Å². The fourth-order valence-corrected chi connectivity index (χ4v) is 2.33. The molecule has 0 aliphatic carbocycles. The summed E-state index contributed by atoms with van der Waals surface area (Å²) in [6, 6.07) is 10.00. The maximum atomic E-state index is 11.3. The van der Waals surface area contributed by atoms with Crippen molar-refractivity contribution in [2.75, 3.05) is 6.54 Å². The van der Waals surface area contributed by atoms with Crippen molar-refractivity contribution in [2.24, 2.45) is 12.1 Å². The zero-order valence-corrected chi connectivity index (χ0v) is 10.8. The summed E-state index contributed by atoms with van der Waals surface area (Å²) < 4.78 is 1.99. The molecule has 1 aliphatic heterocycles. The normalized spacial score (nSPS) is 15.5. The predicted molar refractivity (Wildman–Crippen MR) is 74.5 cm³/mol. The fourth-order valence-electron chi connectivity index (χ4n) is 2.33. The molecule has 0 atom stereocenters. The van der Waals surface area contributed by atoms with Crippen LogP contribution in [-0.4, -0.2) is 27.0 Å². The molecule has 0 N–H and O–H groups in total. The number of rotatable bonds is 2. The van der Waals surface area contributed by atoms with Crippen LogP contribution in [0, 0.1) is 5.21 Å². The minimum absolute atomic E-state index is 0.479. The van der Waals surface area contributed by atoms with E-state index in [-0.39, 0.29) is 0 Å². The van der Waals surface area contributed by atoms with Crippen LogP contribution < -0.4 is 0 Å². The van der Waals surface area contributed by atoms with Gasteiger partial charge in [0.25, 0.3) is 0 Å². The zero-order chi connectivity index (χ0) is 13.2. The monoisotopic (exact) mass is 255 g/mol. The zero-order valence-electron chi connectivity index (χ0n) is 10.8. The minimum atomic E-state index is 0.479. The maximum absolute atomic E-state index is 11.3. The van der Waals surface area contributed by atoms with Crippen LogP contribution in [0.3, 0.4) is 0 Å². The summed E-state index contributed by atoms with van der Waals surface area (Å²) >= 11 is 0. The maximum Gasteiger partial charge on any atom is 0.140 e. The first-order chi connectivity index (χ1) is 9.25. The van der Waals surface area contributed by atoms with Gasteiger partial charge in [-0.3, -0.25) is 0 Å². The summed E-state index contributed by atoms with van der Waals surface area (Å²) in [6.45, 7) is 0.479. The molecule has 2 aromatic rings. The summed E-state index contributed by atoms with van der Waals surface area (Å²) in [6.07, 6.45) is 3.46. The molecule has 19 heavy (non-hydrogen) atoms. The number of hydrogen-bond acceptors (Lipinski definition) is 4. The molecule has 0 bridgehead atoms. The highest BCUT2D eigenvalue weighted by molar-refractivity contribution is 5.99. The Morgan fingerprint density at radius 2 is 2.00 bits per heavy atom. The van der Waals surface area contributed by atoms with Gasteiger partial charge in [0.1, 0.15) is 5.82 Å². The molecule has 5 heteroatoms. The van der Waals surface area contributed by atoms with Crippen molar-refractivity contribution in [3.63, 3.8) is 0 Å². The van der Waals surface area contributed by atoms with Gasteiger partial charge in [0.15, 0.2) is 0 Å². The molecule has 0 saturated heterocycles. The Hall–Kier alpha value is -2.14. The standard InChI is InChI=1S/C14H15N4O/c1-17-13(12-8-5-9-18(19)16-12)10-15-14(17)11-6-3-2-4-7-11/h2-4,6-7,10H,5,8-9H2,1H3/q-1. The molecule has 0 amide bonds. The molecule has 0 fully saturated rings. The Kier molecular flexibility index (Phi) is 3.05. The van der Waals surface area contributed by atoms with Gasteiger partial charge in [-0.2, -0.15) is 5.10 Å². The largest absolute Gasteiger partial charge is 0.742 e. The van der Waals surface area contributed by atoms with E-state index < -0.39 is 0 Å². The van der Waals surface area contributed by atoms with Gasteiger partial charge in [0, 0.05) is 19.2 Å². The summed E-state index contributed by atoms with van der Waals surface area (Å²) in [5.74, 6) is 0.890. The van der Waals surface area contributed by atoms with Gasteiger partial charge in [-0.1, -0.05) is 30.3 Å². The molecule has 0 unspecified atom stereocenters. The van der Waals surface area contributed by atoms with Gasteiger partial charge in [-0.15, -0.1) is 0 Å². The smallest absolute Gasteiger partial charge is 0.140 e. The Labute approximate surface area is 111 Å². The van der Waals surface area contributed by atoms with E-state index in [0.717, 1.165) is 40.8 Å². The van der Waals surface area contributed by atoms with E-state index in [2.05, 4.69) is 10.1 Å². The lowest BCUT2D eigenvalue weighted by Gasteiger charge is -2.29. The van der Waals surface area contributed by atoms with Crippen LogP contribution in [0.25, 0.3) is 11.4 Å². The van der Waals surface area contributed by atoms with Crippen LogP contribution >= 0.6 is 0 Å². The third-order valence-electron chi connectivity index (χ3n) is 3.31. The van der Waals surface area contributed by atoms with Gasteiger partial charge < -0.3 is 14.9 Å². The van der Waals surface area contributed by atoms with Crippen LogP contribution in [-0.2, 0) is 7.05 Å². The van der Waals surface area contributed by atoms with E-state index >= 15 is 0 Å². The molecule has 3 rings (SSSR count). The van der Waals surface area contributed by atoms with Crippen LogP contribution in [0.4, 0.5) is 0 Å². The number of nitrogens with zero attached hydrogens (tertiary/aromatic N) is 4. The lowest BCUT2D eigenvalue weighted by molar-refractivity contribution is 0.377. The molecule has 2 heterocycles. The van der Waals surface area contributed by atoms with E-state index in [9.17, 15) is 5.21 Å². The topological polar surface area (TPSA) is 56.5 Å². The van der Waals surface area contributed by atoms with E-state index in [1.54, 1.807) is 6.20 Å². The number of imidazole rings is 1. The highest BCUT2D eigenvalue weighted by atomic mass is 16.5. The average molecular weight is 255 g/mol.